The van der Waals surface area contributed by atoms with Gasteiger partial charge in [-0.15, -0.1) is 0 Å². The van der Waals surface area contributed by atoms with Crippen molar-refractivity contribution in [3.05, 3.63) is 35.5 Å². The Hall–Kier alpha value is -1.57. The average Bonchev–Trinajstić information content (AvgIpc) is 3.39. The minimum atomic E-state index is 0.678. The number of benzene rings is 1. The molecule has 2 fully saturated rings. The summed E-state index contributed by atoms with van der Waals surface area (Å²) in [6, 6.07) is 6.95. The zero-order valence-corrected chi connectivity index (χ0v) is 15.4. The zero-order valence-electron chi connectivity index (χ0n) is 15.4. The van der Waals surface area contributed by atoms with Crippen LogP contribution in [0.1, 0.15) is 57.6 Å². The lowest BCUT2D eigenvalue weighted by Gasteiger charge is -2.37. The molecule has 1 saturated heterocycles. The minimum Gasteiger partial charge on any atom is -0.371 e. The summed E-state index contributed by atoms with van der Waals surface area (Å²) in [5.41, 5.74) is 6.18. The molecule has 0 amide bonds. The maximum Gasteiger partial charge on any atom is 0.0725 e. The van der Waals surface area contributed by atoms with Crippen LogP contribution in [0.4, 0.5) is 5.69 Å². The van der Waals surface area contributed by atoms with Gasteiger partial charge < -0.3 is 4.90 Å². The molecule has 1 aliphatic heterocycles. The molecule has 0 atom stereocenters. The molecule has 1 aromatic carbocycles. The topological polar surface area (TPSA) is 16.1 Å². The first-order valence-corrected chi connectivity index (χ1v) is 9.80. The summed E-state index contributed by atoms with van der Waals surface area (Å²) in [4.78, 5) is 7.27. The Morgan fingerprint density at radius 1 is 1.08 bits per heavy atom. The van der Waals surface area contributed by atoms with Gasteiger partial charge in [-0.05, 0) is 79.2 Å². The first-order chi connectivity index (χ1) is 11.6. The number of hydrogen-bond donors (Lipinski definition) is 0. The summed E-state index contributed by atoms with van der Waals surface area (Å²) in [5, 5.41) is 1.35. The Kier molecular flexibility index (Phi) is 4.02. The van der Waals surface area contributed by atoms with Gasteiger partial charge in [-0.25, -0.2) is 0 Å². The second-order valence-electron chi connectivity index (χ2n) is 8.09. The van der Waals surface area contributed by atoms with Crippen molar-refractivity contribution >= 4 is 16.6 Å². The van der Waals surface area contributed by atoms with Gasteiger partial charge in [-0.1, -0.05) is 20.8 Å². The standard InChI is InChI=1S/C22H30N2/c1-4-16-14-19-20(15-17(16)5-2)23-11-6-21(19)24-12-7-18(8-13-24)22(3)9-10-22/h6,11,14-15,18H,4-5,7-10,12-13H2,1-3H3. The van der Waals surface area contributed by atoms with Gasteiger partial charge >= 0.3 is 0 Å². The van der Waals surface area contributed by atoms with Gasteiger partial charge in [0, 0.05) is 30.4 Å². The fraction of sp³-hybridized carbons (Fsp3) is 0.591. The summed E-state index contributed by atoms with van der Waals surface area (Å²) in [6.45, 7) is 9.41. The van der Waals surface area contributed by atoms with Crippen molar-refractivity contribution in [2.45, 2.75) is 59.3 Å². The Labute approximate surface area is 146 Å². The highest BCUT2D eigenvalue weighted by molar-refractivity contribution is 5.92. The van der Waals surface area contributed by atoms with Crippen LogP contribution < -0.4 is 4.90 Å². The van der Waals surface area contributed by atoms with Crippen LogP contribution in [0.25, 0.3) is 10.9 Å². The summed E-state index contributed by atoms with van der Waals surface area (Å²) in [5.74, 6) is 0.944. The molecule has 0 unspecified atom stereocenters. The number of fused-ring (bicyclic) bond motifs is 1. The van der Waals surface area contributed by atoms with E-state index in [9.17, 15) is 0 Å². The quantitative estimate of drug-likeness (QED) is 0.751. The Bertz CT molecular complexity index is 737. The Balaban J connectivity index is 1.64. The van der Waals surface area contributed by atoms with Crippen LogP contribution >= 0.6 is 0 Å². The highest BCUT2D eigenvalue weighted by Gasteiger charge is 2.45. The smallest absolute Gasteiger partial charge is 0.0725 e. The van der Waals surface area contributed by atoms with E-state index in [0.29, 0.717) is 5.41 Å². The van der Waals surface area contributed by atoms with Crippen LogP contribution in [-0.4, -0.2) is 18.1 Å². The third-order valence-electron chi connectivity index (χ3n) is 6.66. The summed E-state index contributed by atoms with van der Waals surface area (Å²) in [7, 11) is 0. The summed E-state index contributed by atoms with van der Waals surface area (Å²) >= 11 is 0. The Morgan fingerprint density at radius 3 is 2.38 bits per heavy atom. The molecule has 0 bridgehead atoms. The lowest BCUT2D eigenvalue weighted by atomic mass is 9.83. The number of anilines is 1. The molecule has 24 heavy (non-hydrogen) atoms. The third kappa shape index (κ3) is 2.70. The molecule has 1 saturated carbocycles. The van der Waals surface area contributed by atoms with Gasteiger partial charge in [0.1, 0.15) is 0 Å². The predicted octanol–water partition coefficient (Wildman–Crippen LogP) is 5.38. The van der Waals surface area contributed by atoms with Gasteiger partial charge in [-0.2, -0.15) is 0 Å². The van der Waals surface area contributed by atoms with Crippen LogP contribution in [0, 0.1) is 11.3 Å². The molecule has 2 heterocycles. The lowest BCUT2D eigenvalue weighted by molar-refractivity contribution is 0.273. The van der Waals surface area contributed by atoms with E-state index in [-0.39, 0.29) is 0 Å². The summed E-state index contributed by atoms with van der Waals surface area (Å²) in [6.07, 6.45) is 9.81. The monoisotopic (exact) mass is 322 g/mol. The SMILES string of the molecule is CCc1cc2nccc(N3CCC(C4(C)CC4)CC3)c2cc1CC. The molecule has 2 heteroatoms. The second kappa shape index (κ2) is 6.06. The van der Waals surface area contributed by atoms with E-state index in [1.807, 2.05) is 6.20 Å². The number of piperidine rings is 1. The number of rotatable bonds is 4. The van der Waals surface area contributed by atoms with Crippen molar-refractivity contribution in [1.29, 1.82) is 0 Å². The van der Waals surface area contributed by atoms with Gasteiger partial charge in [0.15, 0.2) is 0 Å². The van der Waals surface area contributed by atoms with Gasteiger partial charge in [0.2, 0.25) is 0 Å². The fourth-order valence-corrected chi connectivity index (χ4v) is 4.62. The number of aryl methyl sites for hydroxylation is 2. The molecule has 2 aliphatic rings. The molecular weight excluding hydrogens is 292 g/mol. The largest absolute Gasteiger partial charge is 0.371 e. The minimum absolute atomic E-state index is 0.678. The zero-order chi connectivity index (χ0) is 16.7. The van der Waals surface area contributed by atoms with Crippen molar-refractivity contribution in [3.63, 3.8) is 0 Å². The molecule has 0 radical (unpaired) electrons. The lowest BCUT2D eigenvalue weighted by Crippen LogP contribution is -2.36. The average molecular weight is 322 g/mol. The molecular formula is C22H30N2. The molecule has 2 nitrogen and oxygen atoms in total. The molecule has 0 spiro atoms. The van der Waals surface area contributed by atoms with Crippen LogP contribution in [0.3, 0.4) is 0 Å². The van der Waals surface area contributed by atoms with Crippen molar-refractivity contribution < 1.29 is 0 Å². The van der Waals surface area contributed by atoms with Gasteiger partial charge in [0.25, 0.3) is 0 Å². The van der Waals surface area contributed by atoms with Gasteiger partial charge in [0.05, 0.1) is 5.52 Å². The van der Waals surface area contributed by atoms with E-state index < -0.39 is 0 Å². The summed E-state index contributed by atoms with van der Waals surface area (Å²) < 4.78 is 0. The third-order valence-corrected chi connectivity index (χ3v) is 6.66. The normalized spacial score (nSPS) is 20.5. The fourth-order valence-electron chi connectivity index (χ4n) is 4.62. The van der Waals surface area contributed by atoms with Crippen LogP contribution in [0.15, 0.2) is 24.4 Å². The van der Waals surface area contributed by atoms with E-state index in [1.165, 1.54) is 61.0 Å². The maximum atomic E-state index is 4.66. The van der Waals surface area contributed by atoms with Crippen molar-refractivity contribution in [1.82, 2.24) is 4.98 Å². The number of hydrogen-bond acceptors (Lipinski definition) is 2. The first-order valence-electron chi connectivity index (χ1n) is 9.80. The van der Waals surface area contributed by atoms with E-state index in [2.05, 4.69) is 48.9 Å². The van der Waals surface area contributed by atoms with E-state index >= 15 is 0 Å². The van der Waals surface area contributed by atoms with Crippen molar-refractivity contribution in [2.24, 2.45) is 11.3 Å². The second-order valence-corrected chi connectivity index (χ2v) is 8.09. The molecule has 1 aromatic heterocycles. The van der Waals surface area contributed by atoms with Gasteiger partial charge in [-0.3, -0.25) is 4.98 Å². The predicted molar refractivity (Wildman–Crippen MR) is 103 cm³/mol. The highest BCUT2D eigenvalue weighted by Crippen LogP contribution is 2.54. The molecule has 128 valence electrons. The highest BCUT2D eigenvalue weighted by atomic mass is 15.1. The number of aromatic nitrogens is 1. The molecule has 1 aliphatic carbocycles. The first kappa shape index (κ1) is 15.9. The van der Waals surface area contributed by atoms with Crippen LogP contribution in [0.5, 0.6) is 0 Å². The van der Waals surface area contributed by atoms with E-state index in [0.717, 1.165) is 24.3 Å². The van der Waals surface area contributed by atoms with E-state index in [1.54, 1.807) is 0 Å². The van der Waals surface area contributed by atoms with Crippen molar-refractivity contribution in [3.8, 4) is 0 Å². The molecule has 2 aromatic rings. The Morgan fingerprint density at radius 2 is 1.75 bits per heavy atom. The van der Waals surface area contributed by atoms with Crippen molar-refractivity contribution in [2.75, 3.05) is 18.0 Å². The number of pyridine rings is 1. The molecule has 4 rings (SSSR count). The van der Waals surface area contributed by atoms with E-state index in [4.69, 9.17) is 0 Å². The number of nitrogens with zero attached hydrogens (tertiary/aromatic N) is 2. The van der Waals surface area contributed by atoms with Crippen LogP contribution in [0.2, 0.25) is 0 Å². The maximum absolute atomic E-state index is 4.66. The molecule has 0 N–H and O–H groups in total. The van der Waals surface area contributed by atoms with Crippen LogP contribution in [-0.2, 0) is 12.8 Å².